The second kappa shape index (κ2) is 9.39. The lowest BCUT2D eigenvalue weighted by atomic mass is 9.97. The largest absolute Gasteiger partial charge is 0.355 e. The Morgan fingerprint density at radius 3 is 2.79 bits per heavy atom. The van der Waals surface area contributed by atoms with Gasteiger partial charge in [-0.05, 0) is 31.9 Å². The fourth-order valence-corrected chi connectivity index (χ4v) is 3.07. The first-order valence-electron chi connectivity index (χ1n) is 8.64. The number of amides is 2. The molecular weight excluding hydrogens is 304 g/mol. The van der Waals surface area contributed by atoms with E-state index in [0.717, 1.165) is 24.9 Å². The van der Waals surface area contributed by atoms with E-state index in [0.29, 0.717) is 26.2 Å². The molecule has 6 heteroatoms. The number of nitrogens with two attached hydrogens (primary N) is 1. The third-order valence-corrected chi connectivity index (χ3v) is 4.36. The van der Waals surface area contributed by atoms with Gasteiger partial charge in [0.05, 0.1) is 18.5 Å². The quantitative estimate of drug-likeness (QED) is 0.684. The normalized spacial score (nSPS) is 19.5. The number of nitrogens with one attached hydrogen (secondary N) is 2. The van der Waals surface area contributed by atoms with E-state index in [1.807, 2.05) is 37.3 Å². The van der Waals surface area contributed by atoms with Crippen LogP contribution < -0.4 is 16.4 Å². The second-order valence-electron chi connectivity index (χ2n) is 6.35. The monoisotopic (exact) mass is 332 g/mol. The first-order valence-corrected chi connectivity index (χ1v) is 8.64. The van der Waals surface area contributed by atoms with Crippen molar-refractivity contribution in [3.63, 3.8) is 0 Å². The van der Waals surface area contributed by atoms with Crippen LogP contribution in [0.5, 0.6) is 0 Å². The highest BCUT2D eigenvalue weighted by atomic mass is 16.2. The van der Waals surface area contributed by atoms with E-state index in [1.54, 1.807) is 0 Å². The van der Waals surface area contributed by atoms with Crippen molar-refractivity contribution >= 4 is 11.8 Å². The van der Waals surface area contributed by atoms with Crippen LogP contribution in [0.15, 0.2) is 30.3 Å². The second-order valence-corrected chi connectivity index (χ2v) is 6.35. The Morgan fingerprint density at radius 2 is 2.08 bits per heavy atom. The molecule has 6 nitrogen and oxygen atoms in total. The van der Waals surface area contributed by atoms with E-state index in [2.05, 4.69) is 15.5 Å². The van der Waals surface area contributed by atoms with Crippen molar-refractivity contribution in [3.05, 3.63) is 35.9 Å². The van der Waals surface area contributed by atoms with Gasteiger partial charge in [0.2, 0.25) is 11.8 Å². The van der Waals surface area contributed by atoms with Gasteiger partial charge in [-0.15, -0.1) is 0 Å². The maximum Gasteiger partial charge on any atom is 0.234 e. The standard InChI is InChI=1S/C18H28N4O2/c1-14(15-6-3-2-4-7-15)21-17(23)13-22-11-5-8-16(12-22)18(24)20-10-9-19/h2-4,6-7,14,16H,5,8-13,19H2,1H3,(H,20,24)(H,21,23). The Balaban J connectivity index is 1.79. The minimum Gasteiger partial charge on any atom is -0.355 e. The molecule has 0 aliphatic carbocycles. The molecule has 0 aromatic heterocycles. The molecule has 1 aromatic carbocycles. The maximum absolute atomic E-state index is 12.3. The molecule has 2 unspecified atom stereocenters. The smallest absolute Gasteiger partial charge is 0.234 e. The maximum atomic E-state index is 12.3. The summed E-state index contributed by atoms with van der Waals surface area (Å²) < 4.78 is 0. The summed E-state index contributed by atoms with van der Waals surface area (Å²) in [6.45, 7) is 4.74. The minimum absolute atomic E-state index is 0.00521. The molecule has 132 valence electrons. The summed E-state index contributed by atoms with van der Waals surface area (Å²) in [6, 6.07) is 9.88. The number of rotatable bonds is 7. The topological polar surface area (TPSA) is 87.5 Å². The SMILES string of the molecule is CC(NC(=O)CN1CCCC(C(=O)NCCN)C1)c1ccccc1. The summed E-state index contributed by atoms with van der Waals surface area (Å²) >= 11 is 0. The Kier molecular flexibility index (Phi) is 7.21. The first-order chi connectivity index (χ1) is 11.6. The lowest BCUT2D eigenvalue weighted by molar-refractivity contribution is -0.129. The highest BCUT2D eigenvalue weighted by molar-refractivity contribution is 5.80. The Labute approximate surface area is 143 Å². The van der Waals surface area contributed by atoms with Gasteiger partial charge in [0, 0.05) is 19.6 Å². The lowest BCUT2D eigenvalue weighted by Crippen LogP contribution is -2.47. The number of carbonyl (C=O) groups excluding carboxylic acids is 2. The molecule has 1 heterocycles. The van der Waals surface area contributed by atoms with Gasteiger partial charge >= 0.3 is 0 Å². The van der Waals surface area contributed by atoms with Crippen molar-refractivity contribution in [2.75, 3.05) is 32.7 Å². The molecular formula is C18H28N4O2. The van der Waals surface area contributed by atoms with Crippen LogP contribution in [-0.4, -0.2) is 49.4 Å². The summed E-state index contributed by atoms with van der Waals surface area (Å²) in [6.07, 6.45) is 1.80. The Morgan fingerprint density at radius 1 is 1.33 bits per heavy atom. The third-order valence-electron chi connectivity index (χ3n) is 4.36. The number of nitrogens with zero attached hydrogens (tertiary/aromatic N) is 1. The van der Waals surface area contributed by atoms with Crippen LogP contribution in [-0.2, 0) is 9.59 Å². The number of benzene rings is 1. The number of likely N-dealkylation sites (tertiary alicyclic amines) is 1. The van der Waals surface area contributed by atoms with Crippen molar-refractivity contribution in [2.24, 2.45) is 11.7 Å². The zero-order valence-electron chi connectivity index (χ0n) is 14.3. The van der Waals surface area contributed by atoms with E-state index in [4.69, 9.17) is 5.73 Å². The van der Waals surface area contributed by atoms with Crippen molar-refractivity contribution in [1.82, 2.24) is 15.5 Å². The van der Waals surface area contributed by atoms with Gasteiger partial charge in [-0.1, -0.05) is 30.3 Å². The van der Waals surface area contributed by atoms with Gasteiger partial charge in [-0.25, -0.2) is 0 Å². The fourth-order valence-electron chi connectivity index (χ4n) is 3.07. The predicted octanol–water partition coefficient (Wildman–Crippen LogP) is 0.651. The molecule has 1 aromatic rings. The van der Waals surface area contributed by atoms with Crippen LogP contribution in [0.3, 0.4) is 0 Å². The molecule has 2 atom stereocenters. The van der Waals surface area contributed by atoms with Gasteiger partial charge in [-0.2, -0.15) is 0 Å². The zero-order chi connectivity index (χ0) is 17.4. The number of carbonyl (C=O) groups is 2. The molecule has 1 fully saturated rings. The van der Waals surface area contributed by atoms with E-state index in [1.165, 1.54) is 0 Å². The van der Waals surface area contributed by atoms with Crippen LogP contribution in [0.1, 0.15) is 31.4 Å². The molecule has 1 saturated heterocycles. The van der Waals surface area contributed by atoms with E-state index in [9.17, 15) is 9.59 Å². The molecule has 0 spiro atoms. The molecule has 24 heavy (non-hydrogen) atoms. The van der Waals surface area contributed by atoms with E-state index >= 15 is 0 Å². The average Bonchev–Trinajstić information content (AvgIpc) is 2.60. The van der Waals surface area contributed by atoms with Crippen LogP contribution in [0.2, 0.25) is 0 Å². The number of piperidine rings is 1. The van der Waals surface area contributed by atoms with Gasteiger partial charge in [0.25, 0.3) is 0 Å². The van der Waals surface area contributed by atoms with Crippen molar-refractivity contribution < 1.29 is 9.59 Å². The molecule has 0 saturated carbocycles. The van der Waals surface area contributed by atoms with Gasteiger partial charge in [-0.3, -0.25) is 14.5 Å². The van der Waals surface area contributed by atoms with Crippen LogP contribution in [0, 0.1) is 5.92 Å². The fraction of sp³-hybridized carbons (Fsp3) is 0.556. The average molecular weight is 332 g/mol. The van der Waals surface area contributed by atoms with Crippen LogP contribution >= 0.6 is 0 Å². The first kappa shape index (κ1) is 18.4. The molecule has 0 bridgehead atoms. The zero-order valence-corrected chi connectivity index (χ0v) is 14.3. The summed E-state index contributed by atoms with van der Waals surface area (Å²) in [4.78, 5) is 26.4. The minimum atomic E-state index is -0.0513. The Bertz CT molecular complexity index is 535. The summed E-state index contributed by atoms with van der Waals surface area (Å²) in [7, 11) is 0. The third kappa shape index (κ3) is 5.62. The van der Waals surface area contributed by atoms with E-state index in [-0.39, 0.29) is 23.8 Å². The van der Waals surface area contributed by atoms with E-state index < -0.39 is 0 Å². The molecule has 1 aliphatic rings. The highest BCUT2D eigenvalue weighted by Gasteiger charge is 2.26. The summed E-state index contributed by atoms with van der Waals surface area (Å²) in [5.41, 5.74) is 6.50. The lowest BCUT2D eigenvalue weighted by Gasteiger charge is -2.31. The van der Waals surface area contributed by atoms with Crippen LogP contribution in [0.4, 0.5) is 0 Å². The van der Waals surface area contributed by atoms with Gasteiger partial charge in [0.1, 0.15) is 0 Å². The molecule has 2 amide bonds. The molecule has 1 aliphatic heterocycles. The van der Waals surface area contributed by atoms with Crippen molar-refractivity contribution in [3.8, 4) is 0 Å². The predicted molar refractivity (Wildman–Crippen MR) is 94.2 cm³/mol. The van der Waals surface area contributed by atoms with Crippen molar-refractivity contribution in [2.45, 2.75) is 25.8 Å². The van der Waals surface area contributed by atoms with Crippen LogP contribution in [0.25, 0.3) is 0 Å². The summed E-state index contributed by atoms with van der Waals surface area (Å²) in [5, 5.41) is 5.86. The summed E-state index contributed by atoms with van der Waals surface area (Å²) in [5.74, 6) is -0.0118. The highest BCUT2D eigenvalue weighted by Crippen LogP contribution is 2.17. The molecule has 0 radical (unpaired) electrons. The van der Waals surface area contributed by atoms with Crippen molar-refractivity contribution in [1.29, 1.82) is 0 Å². The van der Waals surface area contributed by atoms with Gasteiger partial charge in [0.15, 0.2) is 0 Å². The number of hydrogen-bond acceptors (Lipinski definition) is 4. The Hall–Kier alpha value is -1.92. The molecule has 2 rings (SSSR count). The molecule has 4 N–H and O–H groups in total. The number of hydrogen-bond donors (Lipinski definition) is 3. The van der Waals surface area contributed by atoms with Gasteiger partial charge < -0.3 is 16.4 Å².